The Kier molecular flexibility index (Phi) is 7.52. The lowest BCUT2D eigenvalue weighted by Crippen LogP contribution is -2.46. The van der Waals surface area contributed by atoms with Gasteiger partial charge in [-0.1, -0.05) is 26.2 Å². The first-order valence-electron chi connectivity index (χ1n) is 14.8. The number of rotatable bonds is 8. The van der Waals surface area contributed by atoms with Crippen LogP contribution in [0.3, 0.4) is 0 Å². The van der Waals surface area contributed by atoms with Crippen LogP contribution in [0.4, 0.5) is 0 Å². The summed E-state index contributed by atoms with van der Waals surface area (Å²) in [4.78, 5) is 47.6. The highest BCUT2D eigenvalue weighted by Crippen LogP contribution is 2.46. The van der Waals surface area contributed by atoms with Crippen molar-refractivity contribution in [2.24, 2.45) is 11.8 Å². The zero-order chi connectivity index (χ0) is 28.8. The minimum atomic E-state index is -0.808. The van der Waals surface area contributed by atoms with Crippen molar-refractivity contribution in [2.45, 2.75) is 116 Å². The van der Waals surface area contributed by atoms with E-state index in [1.807, 2.05) is 33.8 Å². The van der Waals surface area contributed by atoms with E-state index in [0.717, 1.165) is 43.6 Å². The molecule has 0 aliphatic heterocycles. The summed E-state index contributed by atoms with van der Waals surface area (Å²) >= 11 is 0. The van der Waals surface area contributed by atoms with Gasteiger partial charge in [-0.25, -0.2) is 9.97 Å². The summed E-state index contributed by atoms with van der Waals surface area (Å²) in [5.74, 6) is -0.434. The Balaban J connectivity index is 1.52. The second kappa shape index (κ2) is 10.6. The van der Waals surface area contributed by atoms with Crippen LogP contribution in [0, 0.1) is 18.8 Å². The van der Waals surface area contributed by atoms with Crippen molar-refractivity contribution in [2.75, 3.05) is 0 Å². The number of carboxylic acid groups (broad SMARTS) is 1. The monoisotopic (exact) mass is 549 g/mol. The Hall–Kier alpha value is -3.23. The van der Waals surface area contributed by atoms with Crippen LogP contribution in [0.15, 0.2) is 12.1 Å². The van der Waals surface area contributed by atoms with E-state index < -0.39 is 17.4 Å². The predicted octanol–water partition coefficient (Wildman–Crippen LogP) is 5.01. The highest BCUT2D eigenvalue weighted by molar-refractivity contribution is 5.98. The second-order valence-corrected chi connectivity index (χ2v) is 13.5. The first-order chi connectivity index (χ1) is 18.8. The van der Waals surface area contributed by atoms with Gasteiger partial charge in [-0.15, -0.1) is 0 Å². The van der Waals surface area contributed by atoms with Crippen molar-refractivity contribution >= 4 is 17.8 Å². The SMILES string of the molecule is Cc1c(C(=O)NC2CC(C(=O)O)C2)cc(-c2cc(C(=O)NC(C)(C)C)nc(C3(C)CC3)n2)n1CC1CCCCC1. The molecule has 3 saturated carbocycles. The van der Waals surface area contributed by atoms with E-state index in [9.17, 15) is 19.5 Å². The largest absolute Gasteiger partial charge is 0.481 e. The summed E-state index contributed by atoms with van der Waals surface area (Å²) in [6.07, 6.45) is 8.87. The quantitative estimate of drug-likeness (QED) is 0.425. The molecular formula is C31H43N5O4. The molecule has 0 bridgehead atoms. The molecule has 2 aromatic heterocycles. The maximum atomic E-state index is 13.4. The van der Waals surface area contributed by atoms with Gasteiger partial charge in [0.2, 0.25) is 0 Å². The first-order valence-corrected chi connectivity index (χ1v) is 14.8. The van der Waals surface area contributed by atoms with E-state index in [1.54, 1.807) is 6.07 Å². The number of nitrogens with zero attached hydrogens (tertiary/aromatic N) is 3. The zero-order valence-electron chi connectivity index (χ0n) is 24.5. The molecule has 9 nitrogen and oxygen atoms in total. The fraction of sp³-hybridized carbons (Fsp3) is 0.645. The molecule has 0 saturated heterocycles. The molecule has 3 aliphatic carbocycles. The molecule has 216 valence electrons. The van der Waals surface area contributed by atoms with Crippen LogP contribution in [-0.4, -0.2) is 49.0 Å². The van der Waals surface area contributed by atoms with E-state index in [-0.39, 0.29) is 23.3 Å². The van der Waals surface area contributed by atoms with E-state index in [0.29, 0.717) is 41.5 Å². The first kappa shape index (κ1) is 28.3. The number of carboxylic acids is 1. The van der Waals surface area contributed by atoms with Crippen LogP contribution in [0.25, 0.3) is 11.4 Å². The van der Waals surface area contributed by atoms with Crippen molar-refractivity contribution in [3.05, 3.63) is 34.9 Å². The smallest absolute Gasteiger partial charge is 0.306 e. The normalized spacial score (nSPS) is 22.3. The standard InChI is InChI=1S/C31H43N5O4/c1-18-22(26(37)32-21-13-20(14-21)28(39)40)15-25(36(18)17-19-9-7-6-8-10-19)23-16-24(27(38)35-30(2,3)4)34-29(33-23)31(5)11-12-31/h15-16,19-21H,6-14,17H2,1-5H3,(H,32,37)(H,35,38)(H,39,40). The third-order valence-electron chi connectivity index (χ3n) is 8.85. The number of hydrogen-bond acceptors (Lipinski definition) is 5. The van der Waals surface area contributed by atoms with Gasteiger partial charge < -0.3 is 20.3 Å². The Bertz CT molecular complexity index is 1310. The van der Waals surface area contributed by atoms with Crippen molar-refractivity contribution in [1.82, 2.24) is 25.2 Å². The van der Waals surface area contributed by atoms with Gasteiger partial charge in [-0.3, -0.25) is 14.4 Å². The maximum Gasteiger partial charge on any atom is 0.306 e. The average molecular weight is 550 g/mol. The lowest BCUT2D eigenvalue weighted by Gasteiger charge is -2.32. The molecule has 0 aromatic carbocycles. The number of aromatic nitrogens is 3. The highest BCUT2D eigenvalue weighted by atomic mass is 16.4. The molecule has 3 N–H and O–H groups in total. The van der Waals surface area contributed by atoms with E-state index >= 15 is 0 Å². The van der Waals surface area contributed by atoms with Crippen LogP contribution >= 0.6 is 0 Å². The molecule has 0 radical (unpaired) electrons. The van der Waals surface area contributed by atoms with Gasteiger partial charge in [0.1, 0.15) is 11.5 Å². The maximum absolute atomic E-state index is 13.4. The number of amides is 2. The van der Waals surface area contributed by atoms with Crippen LogP contribution < -0.4 is 10.6 Å². The van der Waals surface area contributed by atoms with Crippen LogP contribution in [0.2, 0.25) is 0 Å². The van der Waals surface area contributed by atoms with Crippen LogP contribution in [-0.2, 0) is 16.8 Å². The number of nitrogens with one attached hydrogen (secondary N) is 2. The molecule has 2 heterocycles. The van der Waals surface area contributed by atoms with Crippen molar-refractivity contribution < 1.29 is 19.5 Å². The molecule has 0 unspecified atom stereocenters. The van der Waals surface area contributed by atoms with Gasteiger partial charge in [-0.2, -0.15) is 0 Å². The number of carbonyl (C=O) groups excluding carboxylic acids is 2. The van der Waals surface area contributed by atoms with Gasteiger partial charge in [-0.05, 0) is 84.3 Å². The van der Waals surface area contributed by atoms with Gasteiger partial charge in [0, 0.05) is 29.2 Å². The molecule has 40 heavy (non-hydrogen) atoms. The summed E-state index contributed by atoms with van der Waals surface area (Å²) in [5.41, 5.74) is 2.71. The molecule has 5 rings (SSSR count). The summed E-state index contributed by atoms with van der Waals surface area (Å²) in [7, 11) is 0. The minimum Gasteiger partial charge on any atom is -0.481 e. The Morgan fingerprint density at radius 3 is 2.33 bits per heavy atom. The van der Waals surface area contributed by atoms with Gasteiger partial charge in [0.05, 0.1) is 22.9 Å². The number of aliphatic carboxylic acids is 1. The summed E-state index contributed by atoms with van der Waals surface area (Å²) in [6, 6.07) is 3.52. The van der Waals surface area contributed by atoms with Gasteiger partial charge in [0.25, 0.3) is 11.8 Å². The third kappa shape index (κ3) is 6.08. The number of hydrogen-bond donors (Lipinski definition) is 3. The predicted molar refractivity (Wildman–Crippen MR) is 152 cm³/mol. The molecule has 2 amide bonds. The highest BCUT2D eigenvalue weighted by Gasteiger charge is 2.43. The molecule has 0 spiro atoms. The fourth-order valence-electron chi connectivity index (χ4n) is 5.93. The summed E-state index contributed by atoms with van der Waals surface area (Å²) < 4.78 is 2.21. The van der Waals surface area contributed by atoms with Gasteiger partial charge in [0.15, 0.2) is 0 Å². The molecule has 3 aliphatic rings. The lowest BCUT2D eigenvalue weighted by atomic mass is 9.80. The Labute approximate surface area is 236 Å². The van der Waals surface area contributed by atoms with Crippen molar-refractivity contribution in [3.63, 3.8) is 0 Å². The Morgan fingerprint density at radius 2 is 1.73 bits per heavy atom. The van der Waals surface area contributed by atoms with Crippen LogP contribution in [0.1, 0.15) is 118 Å². The zero-order valence-corrected chi connectivity index (χ0v) is 24.5. The minimum absolute atomic E-state index is 0.133. The van der Waals surface area contributed by atoms with E-state index in [2.05, 4.69) is 22.1 Å². The fourth-order valence-corrected chi connectivity index (χ4v) is 5.93. The molecule has 9 heteroatoms. The van der Waals surface area contributed by atoms with E-state index in [1.165, 1.54) is 19.3 Å². The second-order valence-electron chi connectivity index (χ2n) is 13.5. The average Bonchev–Trinajstić information content (AvgIpc) is 3.54. The molecule has 2 aromatic rings. The number of carbonyl (C=O) groups is 3. The summed E-state index contributed by atoms with van der Waals surface area (Å²) in [5, 5.41) is 15.3. The van der Waals surface area contributed by atoms with Crippen molar-refractivity contribution in [3.8, 4) is 11.4 Å². The van der Waals surface area contributed by atoms with Crippen LogP contribution in [0.5, 0.6) is 0 Å². The van der Waals surface area contributed by atoms with Gasteiger partial charge >= 0.3 is 5.97 Å². The van der Waals surface area contributed by atoms with E-state index in [4.69, 9.17) is 9.97 Å². The Morgan fingerprint density at radius 1 is 1.05 bits per heavy atom. The lowest BCUT2D eigenvalue weighted by molar-refractivity contribution is -0.145. The molecule has 3 fully saturated rings. The topological polar surface area (TPSA) is 126 Å². The molecular weight excluding hydrogens is 506 g/mol. The van der Waals surface area contributed by atoms with Crippen molar-refractivity contribution in [1.29, 1.82) is 0 Å². The third-order valence-corrected chi connectivity index (χ3v) is 8.85. The molecule has 0 atom stereocenters. The summed E-state index contributed by atoms with van der Waals surface area (Å²) in [6.45, 7) is 10.7.